The second kappa shape index (κ2) is 7.63. The molecule has 0 aliphatic carbocycles. The number of halogens is 2. The molecular weight excluding hydrogens is 473 g/mol. The lowest BCUT2D eigenvalue weighted by atomic mass is 9.73. The molecule has 3 aromatic rings. The van der Waals surface area contributed by atoms with Crippen molar-refractivity contribution >= 4 is 29.3 Å². The van der Waals surface area contributed by atoms with E-state index >= 15 is 0 Å². The van der Waals surface area contributed by atoms with Crippen LogP contribution in [-0.4, -0.2) is 69.9 Å². The molecule has 180 valence electrons. The van der Waals surface area contributed by atoms with Gasteiger partial charge in [0.05, 0.1) is 37.6 Å². The highest BCUT2D eigenvalue weighted by Crippen LogP contribution is 2.44. The molecule has 35 heavy (non-hydrogen) atoms. The molecule has 9 nitrogen and oxygen atoms in total. The summed E-state index contributed by atoms with van der Waals surface area (Å²) in [6, 6.07) is 8.94. The van der Waals surface area contributed by atoms with Gasteiger partial charge in [0.1, 0.15) is 11.6 Å². The molecule has 2 aromatic heterocycles. The molecule has 6 heterocycles. The van der Waals surface area contributed by atoms with Gasteiger partial charge < -0.3 is 19.4 Å². The first kappa shape index (κ1) is 21.1. The van der Waals surface area contributed by atoms with Crippen LogP contribution in [0.25, 0.3) is 5.69 Å². The Balaban J connectivity index is 1.14. The van der Waals surface area contributed by atoms with E-state index < -0.39 is 0 Å². The van der Waals surface area contributed by atoms with Crippen LogP contribution < -0.4 is 9.80 Å². The topological polar surface area (TPSA) is 79.6 Å². The standard InChI is InChI=1S/C24H23ClFN7O2/c25-17-1-3-19-15(5-17)7-30(22(34)16-9-35-10-16)8-21-28-29-23(33(19)21)32-13-24(14-32)11-31(12-24)20-4-2-18(26)6-27-20/h1-6,16H,7-14H2. The van der Waals surface area contributed by atoms with E-state index in [1.54, 1.807) is 6.07 Å². The molecule has 0 atom stereocenters. The van der Waals surface area contributed by atoms with E-state index in [1.807, 2.05) is 23.1 Å². The molecule has 1 amide bonds. The minimum Gasteiger partial charge on any atom is -0.380 e. The number of aromatic nitrogens is 4. The predicted molar refractivity (Wildman–Crippen MR) is 126 cm³/mol. The Morgan fingerprint density at radius 3 is 2.57 bits per heavy atom. The molecular formula is C24H23ClFN7O2. The summed E-state index contributed by atoms with van der Waals surface area (Å²) in [5.41, 5.74) is 2.09. The van der Waals surface area contributed by atoms with Gasteiger partial charge in [-0.05, 0) is 35.9 Å². The fourth-order valence-corrected chi connectivity index (χ4v) is 5.76. The van der Waals surface area contributed by atoms with Crippen LogP contribution in [0.3, 0.4) is 0 Å². The maximum atomic E-state index is 13.2. The predicted octanol–water partition coefficient (Wildman–Crippen LogP) is 2.27. The Bertz CT molecular complexity index is 1310. The van der Waals surface area contributed by atoms with E-state index in [4.69, 9.17) is 16.3 Å². The summed E-state index contributed by atoms with van der Waals surface area (Å²) in [6.45, 7) is 5.25. The molecule has 0 radical (unpaired) electrons. The molecule has 0 saturated carbocycles. The maximum absolute atomic E-state index is 13.2. The van der Waals surface area contributed by atoms with Crippen LogP contribution in [-0.2, 0) is 22.6 Å². The monoisotopic (exact) mass is 495 g/mol. The number of hydrogen-bond donors (Lipinski definition) is 0. The smallest absolute Gasteiger partial charge is 0.232 e. The Kier molecular flexibility index (Phi) is 4.59. The van der Waals surface area contributed by atoms with Gasteiger partial charge in [-0.2, -0.15) is 0 Å². The van der Waals surface area contributed by atoms with Gasteiger partial charge in [-0.15, -0.1) is 10.2 Å². The van der Waals surface area contributed by atoms with E-state index in [1.165, 1.54) is 12.3 Å². The maximum Gasteiger partial charge on any atom is 0.232 e. The molecule has 0 bridgehead atoms. The van der Waals surface area contributed by atoms with Gasteiger partial charge in [-0.3, -0.25) is 9.36 Å². The first-order chi connectivity index (χ1) is 17.0. The minimum atomic E-state index is -0.325. The van der Waals surface area contributed by atoms with Gasteiger partial charge in [0, 0.05) is 43.2 Å². The number of hydrogen-bond acceptors (Lipinski definition) is 7. The Hall–Kier alpha value is -3.24. The number of nitrogens with zero attached hydrogens (tertiary/aromatic N) is 7. The van der Waals surface area contributed by atoms with E-state index in [0.717, 1.165) is 55.0 Å². The minimum absolute atomic E-state index is 0.0760. The normalized spacial score (nSPS) is 20.5. The molecule has 4 aliphatic rings. The highest BCUT2D eigenvalue weighted by molar-refractivity contribution is 6.30. The molecule has 1 aromatic carbocycles. The third-order valence-corrected chi connectivity index (χ3v) is 7.65. The van der Waals surface area contributed by atoms with Gasteiger partial charge in [0.15, 0.2) is 5.82 Å². The van der Waals surface area contributed by atoms with Crippen LogP contribution in [0.5, 0.6) is 0 Å². The first-order valence-electron chi connectivity index (χ1n) is 11.7. The summed E-state index contributed by atoms with van der Waals surface area (Å²) < 4.78 is 20.5. The van der Waals surface area contributed by atoms with Crippen LogP contribution in [0.1, 0.15) is 11.4 Å². The van der Waals surface area contributed by atoms with Gasteiger partial charge >= 0.3 is 0 Å². The summed E-state index contributed by atoms with van der Waals surface area (Å²) in [5, 5.41) is 9.67. The third kappa shape index (κ3) is 3.38. The molecule has 3 saturated heterocycles. The lowest BCUT2D eigenvalue weighted by Crippen LogP contribution is -2.73. The average Bonchev–Trinajstić information content (AvgIpc) is 3.07. The Labute approximate surface area is 206 Å². The number of carbonyl (C=O) groups is 1. The number of benzene rings is 1. The fraction of sp³-hybridized carbons (Fsp3) is 0.417. The zero-order chi connectivity index (χ0) is 23.7. The van der Waals surface area contributed by atoms with Crippen molar-refractivity contribution in [3.8, 4) is 5.69 Å². The molecule has 0 unspecified atom stereocenters. The van der Waals surface area contributed by atoms with Crippen molar-refractivity contribution in [1.82, 2.24) is 24.6 Å². The number of anilines is 2. The highest BCUT2D eigenvalue weighted by atomic mass is 35.5. The summed E-state index contributed by atoms with van der Waals surface area (Å²) in [6.07, 6.45) is 1.26. The van der Waals surface area contributed by atoms with Crippen molar-refractivity contribution in [2.24, 2.45) is 11.3 Å². The molecule has 11 heteroatoms. The van der Waals surface area contributed by atoms with Crippen LogP contribution in [0, 0.1) is 17.2 Å². The van der Waals surface area contributed by atoms with E-state index in [9.17, 15) is 9.18 Å². The van der Waals surface area contributed by atoms with Crippen LogP contribution in [0.15, 0.2) is 36.5 Å². The van der Waals surface area contributed by atoms with Crippen LogP contribution in [0.2, 0.25) is 5.02 Å². The van der Waals surface area contributed by atoms with Crippen molar-refractivity contribution in [3.05, 3.63) is 58.8 Å². The molecule has 0 N–H and O–H groups in total. The zero-order valence-electron chi connectivity index (χ0n) is 18.9. The van der Waals surface area contributed by atoms with Crippen molar-refractivity contribution in [2.75, 3.05) is 49.2 Å². The first-order valence-corrected chi connectivity index (χ1v) is 12.1. The number of fused-ring (bicyclic) bond motifs is 3. The van der Waals surface area contributed by atoms with E-state index in [-0.39, 0.29) is 23.1 Å². The summed E-state index contributed by atoms with van der Waals surface area (Å²) in [5.74, 6) is 1.98. The van der Waals surface area contributed by atoms with Crippen molar-refractivity contribution in [1.29, 1.82) is 0 Å². The molecule has 7 rings (SSSR count). The highest BCUT2D eigenvalue weighted by Gasteiger charge is 2.53. The SMILES string of the molecule is O=C(C1COC1)N1Cc2cc(Cl)ccc2-n2c(nnc2N2CC3(CN(c4ccc(F)cn4)C3)C2)C1. The Morgan fingerprint density at radius 1 is 1.06 bits per heavy atom. The third-order valence-electron chi connectivity index (χ3n) is 7.41. The van der Waals surface area contributed by atoms with Crippen molar-refractivity contribution < 1.29 is 13.9 Å². The number of carbonyl (C=O) groups excluding carboxylic acids is 1. The van der Waals surface area contributed by atoms with Gasteiger partial charge in [-0.25, -0.2) is 9.37 Å². The fourth-order valence-electron chi connectivity index (χ4n) is 5.57. The van der Waals surface area contributed by atoms with Gasteiger partial charge in [0.2, 0.25) is 11.9 Å². The number of rotatable bonds is 3. The quantitative estimate of drug-likeness (QED) is 0.551. The number of ether oxygens (including phenoxy) is 1. The van der Waals surface area contributed by atoms with Crippen LogP contribution >= 0.6 is 11.6 Å². The Morgan fingerprint density at radius 2 is 1.86 bits per heavy atom. The van der Waals surface area contributed by atoms with Gasteiger partial charge in [-0.1, -0.05) is 11.6 Å². The lowest BCUT2D eigenvalue weighted by Gasteiger charge is -2.60. The molecule has 1 spiro atoms. The molecule has 4 aliphatic heterocycles. The van der Waals surface area contributed by atoms with Gasteiger partial charge in [0.25, 0.3) is 0 Å². The summed E-state index contributed by atoms with van der Waals surface area (Å²) >= 11 is 6.33. The molecule has 3 fully saturated rings. The van der Waals surface area contributed by atoms with Crippen molar-refractivity contribution in [3.63, 3.8) is 0 Å². The van der Waals surface area contributed by atoms with E-state index in [0.29, 0.717) is 31.3 Å². The lowest BCUT2D eigenvalue weighted by molar-refractivity contribution is -0.151. The summed E-state index contributed by atoms with van der Waals surface area (Å²) in [4.78, 5) is 23.5. The second-order valence-corrected chi connectivity index (χ2v) is 10.4. The summed E-state index contributed by atoms with van der Waals surface area (Å²) in [7, 11) is 0. The van der Waals surface area contributed by atoms with E-state index in [2.05, 4.69) is 29.5 Å². The zero-order valence-corrected chi connectivity index (χ0v) is 19.7. The number of pyridine rings is 1. The second-order valence-electron chi connectivity index (χ2n) is 10.0. The largest absolute Gasteiger partial charge is 0.380 e. The van der Waals surface area contributed by atoms with Crippen molar-refractivity contribution in [2.45, 2.75) is 13.1 Å². The van der Waals surface area contributed by atoms with Crippen LogP contribution in [0.4, 0.5) is 16.2 Å². The number of amides is 1. The average molecular weight is 496 g/mol.